The summed E-state index contributed by atoms with van der Waals surface area (Å²) in [7, 11) is 0. The van der Waals surface area contributed by atoms with E-state index in [1.807, 2.05) is 36.4 Å². The summed E-state index contributed by atoms with van der Waals surface area (Å²) in [5.74, 6) is -0.0449. The predicted octanol–water partition coefficient (Wildman–Crippen LogP) is 3.56. The normalized spacial score (nSPS) is 16.2. The highest BCUT2D eigenvalue weighted by Crippen LogP contribution is 2.20. The molecule has 21 heavy (non-hydrogen) atoms. The van der Waals surface area contributed by atoms with Crippen molar-refractivity contribution >= 4 is 12.0 Å². The molecule has 3 heteroatoms. The standard InChI is InChI=1S/C18H25NO2/c20-18(13-12-16-8-3-1-4-9-16)19-14-7-15-21-17-10-5-2-6-11-17/h1,3-4,8-9,12-13,17H,2,5-7,10-11,14-15H2,(H,19,20)/b13-12+. The maximum Gasteiger partial charge on any atom is 0.244 e. The molecule has 0 unspecified atom stereocenters. The Morgan fingerprint density at radius 2 is 1.95 bits per heavy atom. The zero-order valence-corrected chi connectivity index (χ0v) is 12.6. The quantitative estimate of drug-likeness (QED) is 0.615. The zero-order chi connectivity index (χ0) is 14.8. The predicted molar refractivity (Wildman–Crippen MR) is 85.9 cm³/mol. The average Bonchev–Trinajstić information content (AvgIpc) is 2.54. The lowest BCUT2D eigenvalue weighted by atomic mass is 9.98. The Morgan fingerprint density at radius 1 is 1.19 bits per heavy atom. The van der Waals surface area contributed by atoms with Crippen molar-refractivity contribution in [1.29, 1.82) is 0 Å². The van der Waals surface area contributed by atoms with Crippen LogP contribution in [-0.2, 0) is 9.53 Å². The highest BCUT2D eigenvalue weighted by Gasteiger charge is 2.12. The first-order valence-corrected chi connectivity index (χ1v) is 7.97. The van der Waals surface area contributed by atoms with Gasteiger partial charge < -0.3 is 10.1 Å². The van der Waals surface area contributed by atoms with Crippen LogP contribution in [0, 0.1) is 0 Å². The van der Waals surface area contributed by atoms with E-state index in [9.17, 15) is 4.79 Å². The highest BCUT2D eigenvalue weighted by molar-refractivity contribution is 5.91. The van der Waals surface area contributed by atoms with E-state index in [0.717, 1.165) is 18.6 Å². The smallest absolute Gasteiger partial charge is 0.244 e. The van der Waals surface area contributed by atoms with Crippen LogP contribution < -0.4 is 5.32 Å². The monoisotopic (exact) mass is 287 g/mol. The van der Waals surface area contributed by atoms with Crippen molar-refractivity contribution in [2.24, 2.45) is 0 Å². The van der Waals surface area contributed by atoms with E-state index < -0.39 is 0 Å². The second-order valence-corrected chi connectivity index (χ2v) is 5.52. The molecule has 0 radical (unpaired) electrons. The Morgan fingerprint density at radius 3 is 2.71 bits per heavy atom. The Labute approximate surface area is 127 Å². The number of hydrogen-bond acceptors (Lipinski definition) is 2. The van der Waals surface area contributed by atoms with E-state index in [1.165, 1.54) is 32.1 Å². The molecule has 1 saturated carbocycles. The van der Waals surface area contributed by atoms with Crippen LogP contribution in [0.1, 0.15) is 44.1 Å². The Hall–Kier alpha value is -1.61. The van der Waals surface area contributed by atoms with E-state index in [2.05, 4.69) is 5.32 Å². The molecular formula is C18H25NO2. The molecule has 1 fully saturated rings. The number of carbonyl (C=O) groups excluding carboxylic acids is 1. The van der Waals surface area contributed by atoms with Crippen LogP contribution in [0.2, 0.25) is 0 Å². The second-order valence-electron chi connectivity index (χ2n) is 5.52. The summed E-state index contributed by atoms with van der Waals surface area (Å²) in [4.78, 5) is 11.6. The molecule has 1 aromatic carbocycles. The van der Waals surface area contributed by atoms with Crippen molar-refractivity contribution in [3.8, 4) is 0 Å². The molecular weight excluding hydrogens is 262 g/mol. The number of hydrogen-bond donors (Lipinski definition) is 1. The highest BCUT2D eigenvalue weighted by atomic mass is 16.5. The third-order valence-corrected chi connectivity index (χ3v) is 3.75. The van der Waals surface area contributed by atoms with Gasteiger partial charge in [-0.05, 0) is 30.9 Å². The molecule has 1 aliphatic carbocycles. The fourth-order valence-corrected chi connectivity index (χ4v) is 2.56. The van der Waals surface area contributed by atoms with Crippen LogP contribution in [0.3, 0.4) is 0 Å². The summed E-state index contributed by atoms with van der Waals surface area (Å²) in [5, 5.41) is 2.88. The van der Waals surface area contributed by atoms with Crippen LogP contribution >= 0.6 is 0 Å². The third kappa shape index (κ3) is 6.58. The zero-order valence-electron chi connectivity index (χ0n) is 12.6. The molecule has 3 nitrogen and oxygen atoms in total. The third-order valence-electron chi connectivity index (χ3n) is 3.75. The first-order valence-electron chi connectivity index (χ1n) is 7.97. The molecule has 0 spiro atoms. The lowest BCUT2D eigenvalue weighted by molar-refractivity contribution is -0.116. The minimum atomic E-state index is -0.0449. The van der Waals surface area contributed by atoms with Gasteiger partial charge in [-0.2, -0.15) is 0 Å². The van der Waals surface area contributed by atoms with Gasteiger partial charge in [0.05, 0.1) is 6.10 Å². The maximum atomic E-state index is 11.6. The van der Waals surface area contributed by atoms with E-state index in [1.54, 1.807) is 6.08 Å². The lowest BCUT2D eigenvalue weighted by Gasteiger charge is -2.21. The Bertz CT molecular complexity index is 436. The van der Waals surface area contributed by atoms with Gasteiger partial charge in [-0.15, -0.1) is 0 Å². The van der Waals surface area contributed by atoms with Crippen molar-refractivity contribution in [3.05, 3.63) is 42.0 Å². The molecule has 0 saturated heterocycles. The largest absolute Gasteiger partial charge is 0.378 e. The lowest BCUT2D eigenvalue weighted by Crippen LogP contribution is -2.24. The van der Waals surface area contributed by atoms with Crippen molar-refractivity contribution < 1.29 is 9.53 Å². The molecule has 2 rings (SSSR count). The first kappa shape index (κ1) is 15.8. The van der Waals surface area contributed by atoms with Gasteiger partial charge in [-0.3, -0.25) is 4.79 Å². The van der Waals surface area contributed by atoms with Gasteiger partial charge in [-0.1, -0.05) is 49.6 Å². The summed E-state index contributed by atoms with van der Waals surface area (Å²) in [5.41, 5.74) is 1.04. The van der Waals surface area contributed by atoms with Crippen LogP contribution in [0.5, 0.6) is 0 Å². The molecule has 0 atom stereocenters. The number of carbonyl (C=O) groups is 1. The van der Waals surface area contributed by atoms with Crippen molar-refractivity contribution in [2.45, 2.75) is 44.6 Å². The molecule has 0 bridgehead atoms. The topological polar surface area (TPSA) is 38.3 Å². The molecule has 114 valence electrons. The minimum Gasteiger partial charge on any atom is -0.378 e. The van der Waals surface area contributed by atoms with Gasteiger partial charge in [0.2, 0.25) is 5.91 Å². The van der Waals surface area contributed by atoms with Gasteiger partial charge in [-0.25, -0.2) is 0 Å². The average molecular weight is 287 g/mol. The Kier molecular flexibility index (Phi) is 7.02. The number of amides is 1. The van der Waals surface area contributed by atoms with Gasteiger partial charge >= 0.3 is 0 Å². The molecule has 0 heterocycles. The summed E-state index contributed by atoms with van der Waals surface area (Å²) in [6, 6.07) is 9.83. The second kappa shape index (κ2) is 9.35. The first-order chi connectivity index (χ1) is 10.3. The number of nitrogens with one attached hydrogen (secondary N) is 1. The van der Waals surface area contributed by atoms with Crippen LogP contribution in [-0.4, -0.2) is 25.2 Å². The van der Waals surface area contributed by atoms with Crippen LogP contribution in [0.25, 0.3) is 6.08 Å². The van der Waals surface area contributed by atoms with E-state index in [0.29, 0.717) is 12.6 Å². The fraction of sp³-hybridized carbons (Fsp3) is 0.500. The number of ether oxygens (including phenoxy) is 1. The number of benzene rings is 1. The van der Waals surface area contributed by atoms with Gasteiger partial charge in [0.15, 0.2) is 0 Å². The van der Waals surface area contributed by atoms with Crippen molar-refractivity contribution in [3.63, 3.8) is 0 Å². The van der Waals surface area contributed by atoms with Gasteiger partial charge in [0, 0.05) is 19.2 Å². The number of rotatable bonds is 7. The molecule has 1 N–H and O–H groups in total. The molecule has 1 amide bonds. The summed E-state index contributed by atoms with van der Waals surface area (Å²) in [6.07, 6.45) is 11.1. The molecule has 1 aromatic rings. The van der Waals surface area contributed by atoms with Crippen molar-refractivity contribution in [2.75, 3.05) is 13.2 Å². The van der Waals surface area contributed by atoms with Gasteiger partial charge in [0.25, 0.3) is 0 Å². The van der Waals surface area contributed by atoms with E-state index >= 15 is 0 Å². The summed E-state index contributed by atoms with van der Waals surface area (Å²) in [6.45, 7) is 1.41. The maximum absolute atomic E-state index is 11.6. The molecule has 0 aromatic heterocycles. The molecule has 1 aliphatic rings. The summed E-state index contributed by atoms with van der Waals surface area (Å²) >= 11 is 0. The minimum absolute atomic E-state index is 0.0449. The van der Waals surface area contributed by atoms with E-state index in [4.69, 9.17) is 4.74 Å². The summed E-state index contributed by atoms with van der Waals surface area (Å²) < 4.78 is 5.82. The van der Waals surface area contributed by atoms with Gasteiger partial charge in [0.1, 0.15) is 0 Å². The van der Waals surface area contributed by atoms with Crippen LogP contribution in [0.4, 0.5) is 0 Å². The van der Waals surface area contributed by atoms with Crippen molar-refractivity contribution in [1.82, 2.24) is 5.32 Å². The molecule has 0 aliphatic heterocycles. The fourth-order valence-electron chi connectivity index (χ4n) is 2.56. The van der Waals surface area contributed by atoms with E-state index in [-0.39, 0.29) is 5.91 Å². The SMILES string of the molecule is O=C(/C=C/c1ccccc1)NCCCOC1CCCCC1. The Balaban J connectivity index is 1.54. The van der Waals surface area contributed by atoms with Crippen LogP contribution in [0.15, 0.2) is 36.4 Å².